The number of benzene rings is 1. The van der Waals surface area contributed by atoms with E-state index in [2.05, 4.69) is 5.32 Å². The molecule has 0 aliphatic carbocycles. The van der Waals surface area contributed by atoms with Gasteiger partial charge in [-0.1, -0.05) is 23.8 Å². The molecule has 2 atom stereocenters. The third kappa shape index (κ3) is 4.43. The second kappa shape index (κ2) is 8.42. The third-order valence-electron chi connectivity index (χ3n) is 4.73. The quantitative estimate of drug-likeness (QED) is 0.710. The van der Waals surface area contributed by atoms with Gasteiger partial charge in [-0.3, -0.25) is 4.79 Å². The van der Waals surface area contributed by atoms with E-state index in [-0.39, 0.29) is 17.9 Å². The van der Waals surface area contributed by atoms with Crippen LogP contribution >= 0.6 is 11.3 Å². The van der Waals surface area contributed by atoms with Crippen LogP contribution in [-0.2, 0) is 26.0 Å². The summed E-state index contributed by atoms with van der Waals surface area (Å²) in [5.41, 5.74) is 0.938. The lowest BCUT2D eigenvalue weighted by Gasteiger charge is -2.25. The molecule has 0 bridgehead atoms. The van der Waals surface area contributed by atoms with Gasteiger partial charge in [-0.15, -0.1) is 11.3 Å². The number of carboxylic acid groups (broad SMARTS) is 1. The molecule has 3 rings (SSSR count). The second-order valence-electron chi connectivity index (χ2n) is 6.77. The minimum Gasteiger partial charge on any atom is -0.480 e. The van der Waals surface area contributed by atoms with Gasteiger partial charge in [-0.25, -0.2) is 13.2 Å². The Bertz CT molecular complexity index is 939. The SMILES string of the molecule is Cc1ccc(S(=O)(=O)N2CCC[C@H]2C(=O)N[C@@H](Cc2cccs2)C(=O)O)cc1. The number of nitrogens with one attached hydrogen (secondary N) is 1. The summed E-state index contributed by atoms with van der Waals surface area (Å²) in [5.74, 6) is -1.72. The number of carboxylic acids is 1. The first-order valence-corrected chi connectivity index (χ1v) is 11.2. The number of thiophene rings is 1. The molecule has 0 unspecified atom stereocenters. The highest BCUT2D eigenvalue weighted by Crippen LogP contribution is 2.26. The van der Waals surface area contributed by atoms with Crippen LogP contribution in [0.4, 0.5) is 0 Å². The van der Waals surface area contributed by atoms with Gasteiger partial charge in [0.2, 0.25) is 15.9 Å². The number of nitrogens with zero attached hydrogens (tertiary/aromatic N) is 1. The summed E-state index contributed by atoms with van der Waals surface area (Å²) in [6.45, 7) is 2.10. The summed E-state index contributed by atoms with van der Waals surface area (Å²) in [6.07, 6.45) is 1.07. The molecule has 2 heterocycles. The minimum atomic E-state index is -3.83. The van der Waals surface area contributed by atoms with E-state index in [0.29, 0.717) is 12.8 Å². The van der Waals surface area contributed by atoms with Crippen molar-refractivity contribution >= 4 is 33.2 Å². The largest absolute Gasteiger partial charge is 0.480 e. The summed E-state index contributed by atoms with van der Waals surface area (Å²) in [6, 6.07) is 8.07. The molecule has 0 saturated carbocycles. The summed E-state index contributed by atoms with van der Waals surface area (Å²) in [5, 5.41) is 13.8. The molecular weight excluding hydrogens is 400 g/mol. The number of amides is 1. The van der Waals surface area contributed by atoms with Crippen LogP contribution in [0.15, 0.2) is 46.7 Å². The zero-order valence-corrected chi connectivity index (χ0v) is 17.0. The van der Waals surface area contributed by atoms with Crippen molar-refractivity contribution in [3.63, 3.8) is 0 Å². The molecule has 0 radical (unpaired) electrons. The van der Waals surface area contributed by atoms with Crippen LogP contribution in [0.3, 0.4) is 0 Å². The highest BCUT2D eigenvalue weighted by atomic mass is 32.2. The van der Waals surface area contributed by atoms with E-state index in [4.69, 9.17) is 0 Å². The Labute approximate surface area is 168 Å². The fourth-order valence-electron chi connectivity index (χ4n) is 3.23. The van der Waals surface area contributed by atoms with Crippen molar-refractivity contribution in [1.29, 1.82) is 0 Å². The summed E-state index contributed by atoms with van der Waals surface area (Å²) in [7, 11) is -3.83. The molecule has 2 N–H and O–H groups in total. The number of aryl methyl sites for hydroxylation is 1. The monoisotopic (exact) mass is 422 g/mol. The van der Waals surface area contributed by atoms with E-state index in [1.807, 2.05) is 18.4 Å². The number of carbonyl (C=O) groups excluding carboxylic acids is 1. The molecule has 1 aliphatic heterocycles. The van der Waals surface area contributed by atoms with Gasteiger partial charge in [0, 0.05) is 17.8 Å². The Kier molecular flexibility index (Phi) is 6.17. The Morgan fingerprint density at radius 2 is 2.00 bits per heavy atom. The van der Waals surface area contributed by atoms with Crippen molar-refractivity contribution in [3.8, 4) is 0 Å². The smallest absolute Gasteiger partial charge is 0.326 e. The van der Waals surface area contributed by atoms with Crippen molar-refractivity contribution in [3.05, 3.63) is 52.2 Å². The maximum absolute atomic E-state index is 13.0. The van der Waals surface area contributed by atoms with E-state index in [1.54, 1.807) is 18.2 Å². The van der Waals surface area contributed by atoms with Crippen LogP contribution in [0.2, 0.25) is 0 Å². The van der Waals surface area contributed by atoms with Gasteiger partial charge in [0.15, 0.2) is 0 Å². The number of hydrogen-bond donors (Lipinski definition) is 2. The van der Waals surface area contributed by atoms with Crippen LogP contribution in [-0.4, -0.2) is 48.3 Å². The number of sulfonamides is 1. The molecule has 2 aromatic rings. The molecule has 150 valence electrons. The van der Waals surface area contributed by atoms with Crippen LogP contribution in [0.1, 0.15) is 23.3 Å². The predicted molar refractivity (Wildman–Crippen MR) is 106 cm³/mol. The fourth-order valence-corrected chi connectivity index (χ4v) is 5.64. The molecule has 1 amide bonds. The number of aliphatic carboxylic acids is 1. The highest BCUT2D eigenvalue weighted by Gasteiger charge is 2.40. The molecular formula is C19H22N2O5S2. The summed E-state index contributed by atoms with van der Waals surface area (Å²) < 4.78 is 27.1. The van der Waals surface area contributed by atoms with E-state index in [0.717, 1.165) is 10.4 Å². The highest BCUT2D eigenvalue weighted by molar-refractivity contribution is 7.89. The maximum atomic E-state index is 13.0. The zero-order chi connectivity index (χ0) is 20.3. The van der Waals surface area contributed by atoms with E-state index in [1.165, 1.54) is 27.8 Å². The number of carbonyl (C=O) groups is 2. The first-order chi connectivity index (χ1) is 13.3. The maximum Gasteiger partial charge on any atom is 0.326 e. The summed E-state index contributed by atoms with van der Waals surface area (Å²) >= 11 is 1.41. The molecule has 1 aromatic heterocycles. The van der Waals surface area contributed by atoms with Gasteiger partial charge >= 0.3 is 5.97 Å². The van der Waals surface area contributed by atoms with Gasteiger partial charge in [-0.05, 0) is 43.3 Å². The van der Waals surface area contributed by atoms with Crippen molar-refractivity contribution in [1.82, 2.24) is 9.62 Å². The van der Waals surface area contributed by atoms with Crippen molar-refractivity contribution in [2.24, 2.45) is 0 Å². The molecule has 7 nitrogen and oxygen atoms in total. The average molecular weight is 423 g/mol. The van der Waals surface area contributed by atoms with E-state index < -0.39 is 34.0 Å². The Balaban J connectivity index is 1.76. The first kappa shape index (κ1) is 20.5. The molecule has 1 aromatic carbocycles. The van der Waals surface area contributed by atoms with Crippen LogP contribution in [0, 0.1) is 6.92 Å². The topological polar surface area (TPSA) is 104 Å². The van der Waals surface area contributed by atoms with Crippen LogP contribution < -0.4 is 5.32 Å². The van der Waals surface area contributed by atoms with Gasteiger partial charge in [0.25, 0.3) is 0 Å². The van der Waals surface area contributed by atoms with Gasteiger partial charge in [0.05, 0.1) is 4.90 Å². The molecule has 28 heavy (non-hydrogen) atoms. The van der Waals surface area contributed by atoms with Crippen molar-refractivity contribution < 1.29 is 23.1 Å². The molecule has 1 aliphatic rings. The zero-order valence-electron chi connectivity index (χ0n) is 15.4. The number of hydrogen-bond acceptors (Lipinski definition) is 5. The van der Waals surface area contributed by atoms with Crippen LogP contribution in [0.25, 0.3) is 0 Å². The second-order valence-corrected chi connectivity index (χ2v) is 9.69. The number of rotatable bonds is 7. The van der Waals surface area contributed by atoms with Crippen LogP contribution in [0.5, 0.6) is 0 Å². The predicted octanol–water partition coefficient (Wildman–Crippen LogP) is 2.02. The molecule has 1 fully saturated rings. The van der Waals surface area contributed by atoms with E-state index in [9.17, 15) is 23.1 Å². The molecule has 9 heteroatoms. The Morgan fingerprint density at radius 3 is 2.61 bits per heavy atom. The summed E-state index contributed by atoms with van der Waals surface area (Å²) in [4.78, 5) is 25.3. The lowest BCUT2D eigenvalue weighted by atomic mass is 10.1. The molecule has 0 spiro atoms. The average Bonchev–Trinajstić information content (AvgIpc) is 3.33. The fraction of sp³-hybridized carbons (Fsp3) is 0.368. The van der Waals surface area contributed by atoms with Gasteiger partial charge in [0.1, 0.15) is 12.1 Å². The standard InChI is InChI=1S/C19H22N2O5S2/c1-13-6-8-15(9-7-13)28(25,26)21-10-2-5-17(21)18(22)20-16(19(23)24)12-14-4-3-11-27-14/h3-4,6-9,11,16-17H,2,5,10,12H2,1H3,(H,20,22)(H,23,24)/t16-,17-/m0/s1. The van der Waals surface area contributed by atoms with E-state index >= 15 is 0 Å². The van der Waals surface area contributed by atoms with Crippen molar-refractivity contribution in [2.45, 2.75) is 43.2 Å². The first-order valence-electron chi connectivity index (χ1n) is 8.93. The molecule has 1 saturated heterocycles. The lowest BCUT2D eigenvalue weighted by molar-refractivity contribution is -0.142. The minimum absolute atomic E-state index is 0.131. The third-order valence-corrected chi connectivity index (χ3v) is 7.56. The van der Waals surface area contributed by atoms with Crippen molar-refractivity contribution in [2.75, 3.05) is 6.54 Å². The normalized spacial score (nSPS) is 18.7. The lowest BCUT2D eigenvalue weighted by Crippen LogP contribution is -2.51. The van der Waals surface area contributed by atoms with Gasteiger partial charge < -0.3 is 10.4 Å². The van der Waals surface area contributed by atoms with Gasteiger partial charge in [-0.2, -0.15) is 4.31 Å². The Hall–Kier alpha value is -2.23. The Morgan fingerprint density at radius 1 is 1.29 bits per heavy atom.